The second kappa shape index (κ2) is 13.2. The first-order valence-electron chi connectivity index (χ1n) is 12.1. The summed E-state index contributed by atoms with van der Waals surface area (Å²) in [5.74, 6) is -1.99. The molecule has 0 heterocycles. The summed E-state index contributed by atoms with van der Waals surface area (Å²) in [6.45, 7) is 9.12. The summed E-state index contributed by atoms with van der Waals surface area (Å²) in [6.07, 6.45) is 1.69. The highest BCUT2D eigenvalue weighted by Gasteiger charge is 2.49. The molecule has 0 aliphatic carbocycles. The van der Waals surface area contributed by atoms with Crippen LogP contribution in [-0.4, -0.2) is 69.9 Å². The summed E-state index contributed by atoms with van der Waals surface area (Å²) in [4.78, 5) is 41.8. The number of hydrogen-bond donors (Lipinski definition) is 2. The molecule has 0 unspecified atom stereocenters. The topological polar surface area (TPSA) is 122 Å². The average molecular weight is 526 g/mol. The van der Waals surface area contributed by atoms with E-state index in [2.05, 4.69) is 10.6 Å². The Morgan fingerprint density at radius 3 is 2.11 bits per heavy atom. The Bertz CT molecular complexity index is 987. The molecule has 2 atom stereocenters. The van der Waals surface area contributed by atoms with Gasteiger partial charge in [0.2, 0.25) is 11.8 Å². The predicted molar refractivity (Wildman–Crippen MR) is 141 cm³/mol. The number of amides is 2. The van der Waals surface area contributed by atoms with Gasteiger partial charge in [0.05, 0.1) is 5.88 Å². The normalized spacial score (nSPS) is 14.6. The molecule has 0 saturated heterocycles. The van der Waals surface area contributed by atoms with Gasteiger partial charge in [-0.25, -0.2) is 8.42 Å². The van der Waals surface area contributed by atoms with Crippen molar-refractivity contribution in [3.05, 3.63) is 35.9 Å². The van der Waals surface area contributed by atoms with Gasteiger partial charge in [0.1, 0.15) is 12.6 Å². The lowest BCUT2D eigenvalue weighted by molar-refractivity contribution is -0.164. The SMILES string of the molecule is CC(C)CC[C@@](CNCS(C)(=O)=O)(C(=O)N[C@H](C(=O)N(C)C)C(C)(C)C)C(=O)OCc1ccccc1. The molecule has 1 aromatic carbocycles. The minimum atomic E-state index is -3.41. The molecular formula is C26H43N3O6S. The van der Waals surface area contributed by atoms with Crippen molar-refractivity contribution >= 4 is 27.6 Å². The van der Waals surface area contributed by atoms with Gasteiger partial charge in [0.15, 0.2) is 15.3 Å². The maximum Gasteiger partial charge on any atom is 0.323 e. The van der Waals surface area contributed by atoms with Gasteiger partial charge in [0.25, 0.3) is 0 Å². The Balaban J connectivity index is 3.43. The number of carbonyl (C=O) groups is 3. The molecule has 0 aliphatic heterocycles. The van der Waals surface area contributed by atoms with Crippen LogP contribution in [0.25, 0.3) is 0 Å². The van der Waals surface area contributed by atoms with Gasteiger partial charge in [-0.2, -0.15) is 0 Å². The molecule has 0 fully saturated rings. The molecule has 2 N–H and O–H groups in total. The Morgan fingerprint density at radius 2 is 1.64 bits per heavy atom. The van der Waals surface area contributed by atoms with E-state index in [9.17, 15) is 22.8 Å². The summed E-state index contributed by atoms with van der Waals surface area (Å²) >= 11 is 0. The van der Waals surface area contributed by atoms with Crippen LogP contribution in [0.3, 0.4) is 0 Å². The van der Waals surface area contributed by atoms with Gasteiger partial charge in [-0.05, 0) is 29.7 Å². The largest absolute Gasteiger partial charge is 0.460 e. The second-order valence-corrected chi connectivity index (χ2v) is 13.2. The van der Waals surface area contributed by atoms with Gasteiger partial charge in [-0.1, -0.05) is 65.0 Å². The van der Waals surface area contributed by atoms with Crippen molar-refractivity contribution in [1.82, 2.24) is 15.5 Å². The third-order valence-corrected chi connectivity index (χ3v) is 6.54. The highest BCUT2D eigenvalue weighted by atomic mass is 32.2. The number of rotatable bonds is 13. The van der Waals surface area contributed by atoms with Gasteiger partial charge in [0, 0.05) is 26.9 Å². The van der Waals surface area contributed by atoms with E-state index in [1.54, 1.807) is 26.2 Å². The fourth-order valence-corrected chi connectivity index (χ4v) is 4.04. The molecule has 204 valence electrons. The fraction of sp³-hybridized carbons (Fsp3) is 0.654. The van der Waals surface area contributed by atoms with Crippen LogP contribution in [0.15, 0.2) is 30.3 Å². The zero-order valence-corrected chi connectivity index (χ0v) is 23.7. The molecule has 0 spiro atoms. The zero-order chi connectivity index (χ0) is 27.7. The maximum absolute atomic E-state index is 13.9. The number of carbonyl (C=O) groups excluding carboxylic acids is 3. The van der Waals surface area contributed by atoms with Crippen molar-refractivity contribution in [2.75, 3.05) is 32.8 Å². The molecule has 0 aromatic heterocycles. The minimum absolute atomic E-state index is 0.0399. The number of nitrogens with one attached hydrogen (secondary N) is 2. The summed E-state index contributed by atoms with van der Waals surface area (Å²) in [5, 5.41) is 5.58. The summed E-state index contributed by atoms with van der Waals surface area (Å²) in [6, 6.07) is 8.17. The molecule has 10 heteroatoms. The highest BCUT2D eigenvalue weighted by Crippen LogP contribution is 2.31. The minimum Gasteiger partial charge on any atom is -0.460 e. The van der Waals surface area contributed by atoms with Crippen molar-refractivity contribution in [2.45, 2.75) is 60.1 Å². The number of esters is 1. The van der Waals surface area contributed by atoms with Crippen LogP contribution in [0.1, 0.15) is 53.0 Å². The monoisotopic (exact) mass is 525 g/mol. The number of ether oxygens (including phenoxy) is 1. The fourth-order valence-electron chi connectivity index (χ4n) is 3.57. The van der Waals surface area contributed by atoms with Gasteiger partial charge >= 0.3 is 5.97 Å². The van der Waals surface area contributed by atoms with Gasteiger partial charge in [-0.15, -0.1) is 0 Å². The lowest BCUT2D eigenvalue weighted by atomic mass is 9.78. The first-order valence-corrected chi connectivity index (χ1v) is 14.2. The van der Waals surface area contributed by atoms with Crippen LogP contribution >= 0.6 is 0 Å². The summed E-state index contributed by atoms with van der Waals surface area (Å²) in [5.41, 5.74) is -1.63. The zero-order valence-electron chi connectivity index (χ0n) is 22.9. The Hall–Kier alpha value is -2.46. The van der Waals surface area contributed by atoms with Crippen LogP contribution < -0.4 is 10.6 Å². The van der Waals surface area contributed by atoms with Crippen molar-refractivity contribution in [3.8, 4) is 0 Å². The number of benzene rings is 1. The lowest BCUT2D eigenvalue weighted by Gasteiger charge is -2.37. The lowest BCUT2D eigenvalue weighted by Crippen LogP contribution is -2.60. The van der Waals surface area contributed by atoms with E-state index >= 15 is 0 Å². The second-order valence-electron chi connectivity index (χ2n) is 11.1. The molecule has 1 rings (SSSR count). The van der Waals surface area contributed by atoms with E-state index in [1.807, 2.05) is 52.8 Å². The van der Waals surface area contributed by atoms with Crippen molar-refractivity contribution in [1.29, 1.82) is 0 Å². The predicted octanol–water partition coefficient (Wildman–Crippen LogP) is 2.36. The van der Waals surface area contributed by atoms with Crippen LogP contribution in [0.4, 0.5) is 0 Å². The van der Waals surface area contributed by atoms with E-state index in [0.717, 1.165) is 11.8 Å². The van der Waals surface area contributed by atoms with Crippen LogP contribution in [0.5, 0.6) is 0 Å². The summed E-state index contributed by atoms with van der Waals surface area (Å²) in [7, 11) is -0.215. The van der Waals surface area contributed by atoms with Crippen molar-refractivity contribution in [3.63, 3.8) is 0 Å². The van der Waals surface area contributed by atoms with Crippen molar-refractivity contribution in [2.24, 2.45) is 16.7 Å². The number of nitrogens with zero attached hydrogens (tertiary/aromatic N) is 1. The summed E-state index contributed by atoms with van der Waals surface area (Å²) < 4.78 is 29.2. The van der Waals surface area contributed by atoms with E-state index in [-0.39, 0.29) is 31.4 Å². The molecule has 1 aromatic rings. The molecule has 0 saturated carbocycles. The van der Waals surface area contributed by atoms with Gasteiger partial charge in [-0.3, -0.25) is 14.4 Å². The van der Waals surface area contributed by atoms with Crippen LogP contribution in [0, 0.1) is 16.7 Å². The van der Waals surface area contributed by atoms with E-state index < -0.39 is 44.5 Å². The average Bonchev–Trinajstić information content (AvgIpc) is 2.76. The number of sulfone groups is 1. The number of likely N-dealkylation sites (N-methyl/N-ethyl adjacent to an activating group) is 1. The Kier molecular flexibility index (Phi) is 11.6. The van der Waals surface area contributed by atoms with Crippen molar-refractivity contribution < 1.29 is 27.5 Å². The maximum atomic E-state index is 13.9. The van der Waals surface area contributed by atoms with E-state index in [4.69, 9.17) is 4.74 Å². The van der Waals surface area contributed by atoms with Gasteiger partial charge < -0.3 is 20.3 Å². The smallest absolute Gasteiger partial charge is 0.323 e. The van der Waals surface area contributed by atoms with E-state index in [1.165, 1.54) is 4.90 Å². The third kappa shape index (κ3) is 9.89. The number of hydrogen-bond acceptors (Lipinski definition) is 7. The molecular weight excluding hydrogens is 482 g/mol. The molecule has 0 aliphatic rings. The van der Waals surface area contributed by atoms with E-state index in [0.29, 0.717) is 6.42 Å². The molecule has 2 amide bonds. The third-order valence-electron chi connectivity index (χ3n) is 5.81. The molecule has 0 radical (unpaired) electrons. The highest BCUT2D eigenvalue weighted by molar-refractivity contribution is 7.90. The Morgan fingerprint density at radius 1 is 1.06 bits per heavy atom. The standard InChI is InChI=1S/C26H43N3O6S/c1-19(2)14-15-26(17-27-18-36(8,33)34,24(32)35-16-20-12-10-9-11-13-20)23(31)28-21(25(3,4)5)22(30)29(6)7/h9-13,19,21,27H,14-18H2,1-8H3,(H,28,31)/t21-,26-/m1/s1. The van der Waals surface area contributed by atoms with Crippen LogP contribution in [0.2, 0.25) is 0 Å². The first kappa shape index (κ1) is 31.6. The first-order chi connectivity index (χ1) is 16.5. The quantitative estimate of drug-likeness (QED) is 0.299. The Labute approximate surface area is 216 Å². The molecule has 36 heavy (non-hydrogen) atoms. The van der Waals surface area contributed by atoms with Crippen LogP contribution in [-0.2, 0) is 35.6 Å². The molecule has 9 nitrogen and oxygen atoms in total. The molecule has 0 bridgehead atoms.